The van der Waals surface area contributed by atoms with E-state index >= 15 is 0 Å². The van der Waals surface area contributed by atoms with Crippen LogP contribution < -0.4 is 5.32 Å². The maximum atomic E-state index is 4.68. The van der Waals surface area contributed by atoms with E-state index in [-0.39, 0.29) is 0 Å². The van der Waals surface area contributed by atoms with Gasteiger partial charge in [-0.2, -0.15) is 5.10 Å². The van der Waals surface area contributed by atoms with E-state index in [4.69, 9.17) is 0 Å². The Bertz CT molecular complexity index is 684. The molecule has 1 N–H and O–H groups in total. The molecule has 0 saturated carbocycles. The highest BCUT2D eigenvalue weighted by molar-refractivity contribution is 5.67. The molecule has 2 heterocycles. The van der Waals surface area contributed by atoms with Crippen LogP contribution in [0.5, 0.6) is 0 Å². The number of rotatable bonds is 3. The molecule has 0 bridgehead atoms. The molecule has 1 aliphatic heterocycles. The van der Waals surface area contributed by atoms with Crippen LogP contribution >= 0.6 is 0 Å². The van der Waals surface area contributed by atoms with Gasteiger partial charge >= 0.3 is 0 Å². The van der Waals surface area contributed by atoms with Gasteiger partial charge in [0.05, 0.1) is 23.6 Å². The van der Waals surface area contributed by atoms with Crippen molar-refractivity contribution in [2.45, 2.75) is 18.9 Å². The molecule has 1 aliphatic rings. The zero-order valence-electron chi connectivity index (χ0n) is 12.4. The quantitative estimate of drug-likeness (QED) is 0.791. The zero-order chi connectivity index (χ0) is 14.8. The summed E-state index contributed by atoms with van der Waals surface area (Å²) in [4.78, 5) is 0. The first-order chi connectivity index (χ1) is 10.9. The minimum absolute atomic E-state index is 0.373. The van der Waals surface area contributed by atoms with E-state index in [1.807, 2.05) is 12.3 Å². The predicted octanol–water partition coefficient (Wildman–Crippen LogP) is 3.96. The van der Waals surface area contributed by atoms with Crippen LogP contribution in [0.4, 0.5) is 0 Å². The molecule has 1 atom stereocenters. The van der Waals surface area contributed by atoms with Crippen LogP contribution in [0.25, 0.3) is 16.8 Å². The fourth-order valence-corrected chi connectivity index (χ4v) is 3.23. The Morgan fingerprint density at radius 2 is 1.68 bits per heavy atom. The molecule has 2 aromatic carbocycles. The van der Waals surface area contributed by atoms with Gasteiger partial charge in [0.25, 0.3) is 0 Å². The first kappa shape index (κ1) is 13.3. The summed E-state index contributed by atoms with van der Waals surface area (Å²) in [5, 5.41) is 8.30. The molecule has 3 nitrogen and oxygen atoms in total. The molecule has 22 heavy (non-hydrogen) atoms. The fourth-order valence-electron chi connectivity index (χ4n) is 3.23. The summed E-state index contributed by atoms with van der Waals surface area (Å²) in [7, 11) is 0. The summed E-state index contributed by atoms with van der Waals surface area (Å²) < 4.78 is 2.09. The van der Waals surface area contributed by atoms with E-state index in [2.05, 4.69) is 69.7 Å². The van der Waals surface area contributed by atoms with Crippen LogP contribution in [0.2, 0.25) is 0 Å². The van der Waals surface area contributed by atoms with E-state index in [0.29, 0.717) is 6.04 Å². The van der Waals surface area contributed by atoms with Crippen molar-refractivity contribution in [2.75, 3.05) is 6.54 Å². The summed E-state index contributed by atoms with van der Waals surface area (Å²) in [6.45, 7) is 1.08. The summed E-state index contributed by atoms with van der Waals surface area (Å²) >= 11 is 0. The second kappa shape index (κ2) is 5.78. The minimum Gasteiger partial charge on any atom is -0.309 e. The first-order valence-corrected chi connectivity index (χ1v) is 7.85. The molecule has 3 heteroatoms. The molecule has 0 aliphatic carbocycles. The number of hydrogen-bond acceptors (Lipinski definition) is 2. The van der Waals surface area contributed by atoms with Crippen molar-refractivity contribution in [3.63, 3.8) is 0 Å². The molecular formula is C19H19N3. The Labute approximate surface area is 130 Å². The van der Waals surface area contributed by atoms with Gasteiger partial charge in [-0.15, -0.1) is 0 Å². The highest BCUT2D eigenvalue weighted by Gasteiger charge is 2.25. The summed E-state index contributed by atoms with van der Waals surface area (Å²) in [5.74, 6) is 0. The third-order valence-electron chi connectivity index (χ3n) is 4.28. The number of hydrogen-bond donors (Lipinski definition) is 1. The predicted molar refractivity (Wildman–Crippen MR) is 89.0 cm³/mol. The molecule has 0 amide bonds. The van der Waals surface area contributed by atoms with Gasteiger partial charge in [-0.05, 0) is 37.1 Å². The third kappa shape index (κ3) is 2.34. The third-order valence-corrected chi connectivity index (χ3v) is 4.28. The summed E-state index contributed by atoms with van der Waals surface area (Å²) in [6.07, 6.45) is 4.38. The van der Waals surface area contributed by atoms with Crippen LogP contribution in [0.1, 0.15) is 24.6 Å². The summed E-state index contributed by atoms with van der Waals surface area (Å²) in [6, 6.07) is 21.3. The van der Waals surface area contributed by atoms with Crippen molar-refractivity contribution in [1.29, 1.82) is 0 Å². The molecule has 3 aromatic rings. The Balaban J connectivity index is 1.87. The van der Waals surface area contributed by atoms with E-state index in [1.165, 1.54) is 29.7 Å². The molecule has 1 saturated heterocycles. The highest BCUT2D eigenvalue weighted by Crippen LogP contribution is 2.33. The van der Waals surface area contributed by atoms with Gasteiger partial charge in [-0.1, -0.05) is 48.5 Å². The van der Waals surface area contributed by atoms with Gasteiger partial charge in [0.15, 0.2) is 0 Å². The van der Waals surface area contributed by atoms with Gasteiger partial charge in [0.1, 0.15) is 0 Å². The molecule has 4 rings (SSSR count). The summed E-state index contributed by atoms with van der Waals surface area (Å²) in [5.41, 5.74) is 4.85. The van der Waals surface area contributed by atoms with Crippen LogP contribution in [0.15, 0.2) is 66.9 Å². The molecule has 0 radical (unpaired) electrons. The molecule has 1 fully saturated rings. The minimum atomic E-state index is 0.373. The maximum absolute atomic E-state index is 4.68. The number of nitrogens with zero attached hydrogens (tertiary/aromatic N) is 2. The van der Waals surface area contributed by atoms with Crippen LogP contribution in [0, 0.1) is 0 Å². The second-order valence-electron chi connectivity index (χ2n) is 5.71. The number of para-hydroxylation sites is 1. The molecule has 0 spiro atoms. The maximum Gasteiger partial charge on any atom is 0.0690 e. The molecule has 1 aromatic heterocycles. The van der Waals surface area contributed by atoms with Crippen molar-refractivity contribution >= 4 is 0 Å². The average Bonchev–Trinajstić information content (AvgIpc) is 3.25. The van der Waals surface area contributed by atoms with Crippen molar-refractivity contribution < 1.29 is 0 Å². The standard InChI is InChI=1S/C19H19N3/c1-3-8-15(9-4-1)17-14-21-22(16-10-5-2-6-11-16)19(17)18-12-7-13-20-18/h1-6,8-11,14,18,20H,7,12-13H2. The highest BCUT2D eigenvalue weighted by atomic mass is 15.3. The van der Waals surface area contributed by atoms with Crippen LogP contribution in [-0.2, 0) is 0 Å². The Kier molecular flexibility index (Phi) is 3.49. The lowest BCUT2D eigenvalue weighted by Crippen LogP contribution is -2.17. The topological polar surface area (TPSA) is 29.9 Å². The molecule has 1 unspecified atom stereocenters. The average molecular weight is 289 g/mol. The van der Waals surface area contributed by atoms with Crippen molar-refractivity contribution in [2.24, 2.45) is 0 Å². The Hall–Kier alpha value is -2.39. The lowest BCUT2D eigenvalue weighted by Gasteiger charge is -2.16. The monoisotopic (exact) mass is 289 g/mol. The largest absolute Gasteiger partial charge is 0.309 e. The van der Waals surface area contributed by atoms with Crippen molar-refractivity contribution in [1.82, 2.24) is 15.1 Å². The van der Waals surface area contributed by atoms with E-state index in [9.17, 15) is 0 Å². The van der Waals surface area contributed by atoms with E-state index in [1.54, 1.807) is 0 Å². The number of aromatic nitrogens is 2. The van der Waals surface area contributed by atoms with Crippen LogP contribution in [0.3, 0.4) is 0 Å². The molecule has 110 valence electrons. The second-order valence-corrected chi connectivity index (χ2v) is 5.71. The van der Waals surface area contributed by atoms with Gasteiger partial charge in [0, 0.05) is 5.56 Å². The van der Waals surface area contributed by atoms with E-state index in [0.717, 1.165) is 12.2 Å². The van der Waals surface area contributed by atoms with Crippen molar-refractivity contribution in [3.8, 4) is 16.8 Å². The lowest BCUT2D eigenvalue weighted by atomic mass is 10.0. The van der Waals surface area contributed by atoms with E-state index < -0.39 is 0 Å². The van der Waals surface area contributed by atoms with Gasteiger partial charge < -0.3 is 5.32 Å². The van der Waals surface area contributed by atoms with Gasteiger partial charge in [-0.25, -0.2) is 4.68 Å². The lowest BCUT2D eigenvalue weighted by molar-refractivity contribution is 0.601. The Morgan fingerprint density at radius 3 is 2.36 bits per heavy atom. The Morgan fingerprint density at radius 1 is 0.955 bits per heavy atom. The molecular weight excluding hydrogens is 270 g/mol. The normalized spacial score (nSPS) is 17.7. The van der Waals surface area contributed by atoms with Crippen molar-refractivity contribution in [3.05, 3.63) is 72.6 Å². The fraction of sp³-hybridized carbons (Fsp3) is 0.211. The smallest absolute Gasteiger partial charge is 0.0690 e. The SMILES string of the molecule is c1ccc(-c2cnn(-c3ccccc3)c2C2CCCN2)cc1. The first-order valence-electron chi connectivity index (χ1n) is 7.85. The van der Waals surface area contributed by atoms with Gasteiger partial charge in [0.2, 0.25) is 0 Å². The number of benzene rings is 2. The zero-order valence-corrected chi connectivity index (χ0v) is 12.4. The van der Waals surface area contributed by atoms with Gasteiger partial charge in [-0.3, -0.25) is 0 Å². The number of nitrogens with one attached hydrogen (secondary N) is 1. The van der Waals surface area contributed by atoms with Crippen LogP contribution in [-0.4, -0.2) is 16.3 Å².